The minimum Gasteiger partial charge on any atom is -0.409 e. The second kappa shape index (κ2) is 6.38. The van der Waals surface area contributed by atoms with Crippen LogP contribution in [0.15, 0.2) is 53.7 Å². The van der Waals surface area contributed by atoms with Crippen LogP contribution >= 0.6 is 0 Å². The summed E-state index contributed by atoms with van der Waals surface area (Å²) in [6.07, 6.45) is 0. The molecule has 0 aromatic heterocycles. The number of carbonyl (C=O) groups is 1. The van der Waals surface area contributed by atoms with Crippen LogP contribution in [-0.4, -0.2) is 17.1 Å². The molecule has 0 bridgehead atoms. The first kappa shape index (κ1) is 14.3. The Balaban J connectivity index is 2.11. The van der Waals surface area contributed by atoms with Crippen molar-refractivity contribution >= 4 is 23.2 Å². The number of nitrogens with two attached hydrogens (primary N) is 1. The van der Waals surface area contributed by atoms with E-state index in [1.54, 1.807) is 24.3 Å². The number of amides is 2. The van der Waals surface area contributed by atoms with Crippen LogP contribution in [0.25, 0.3) is 0 Å². The van der Waals surface area contributed by atoms with E-state index in [2.05, 4.69) is 15.8 Å². The zero-order valence-corrected chi connectivity index (χ0v) is 10.9. The monoisotopic (exact) mass is 288 g/mol. The van der Waals surface area contributed by atoms with E-state index >= 15 is 0 Å². The average Bonchev–Trinajstić information content (AvgIpc) is 2.49. The van der Waals surface area contributed by atoms with Gasteiger partial charge in [-0.3, -0.25) is 0 Å². The van der Waals surface area contributed by atoms with Crippen molar-refractivity contribution in [3.05, 3.63) is 59.9 Å². The molecule has 5 N–H and O–H groups in total. The Morgan fingerprint density at radius 1 is 1.10 bits per heavy atom. The van der Waals surface area contributed by atoms with Crippen molar-refractivity contribution in [2.45, 2.75) is 0 Å². The average molecular weight is 288 g/mol. The molecule has 0 aliphatic heterocycles. The number of rotatable bonds is 3. The molecule has 0 unspecified atom stereocenters. The summed E-state index contributed by atoms with van der Waals surface area (Å²) < 4.78 is 13.5. The molecule has 6 nitrogen and oxygen atoms in total. The van der Waals surface area contributed by atoms with Gasteiger partial charge in [-0.15, -0.1) is 0 Å². The van der Waals surface area contributed by atoms with Gasteiger partial charge in [0.15, 0.2) is 5.84 Å². The first-order valence-corrected chi connectivity index (χ1v) is 6.00. The summed E-state index contributed by atoms with van der Waals surface area (Å²) in [6, 6.07) is 12.1. The number of hydrogen-bond donors (Lipinski definition) is 4. The molecular formula is C14H13FN4O2. The van der Waals surface area contributed by atoms with Crippen LogP contribution in [0.5, 0.6) is 0 Å². The normalized spacial score (nSPS) is 11.0. The van der Waals surface area contributed by atoms with Crippen LogP contribution in [0.4, 0.5) is 20.6 Å². The maximum Gasteiger partial charge on any atom is 0.323 e. The highest BCUT2D eigenvalue weighted by Gasteiger charge is 2.10. The molecular weight excluding hydrogens is 275 g/mol. The van der Waals surface area contributed by atoms with Gasteiger partial charge < -0.3 is 21.6 Å². The Morgan fingerprint density at radius 3 is 2.43 bits per heavy atom. The van der Waals surface area contributed by atoms with Gasteiger partial charge in [-0.25, -0.2) is 9.18 Å². The van der Waals surface area contributed by atoms with E-state index in [1.807, 2.05) is 6.07 Å². The van der Waals surface area contributed by atoms with Crippen molar-refractivity contribution in [3.8, 4) is 0 Å². The summed E-state index contributed by atoms with van der Waals surface area (Å²) in [5, 5.41) is 16.5. The summed E-state index contributed by atoms with van der Waals surface area (Å²) in [7, 11) is 0. The zero-order valence-electron chi connectivity index (χ0n) is 10.9. The molecule has 7 heteroatoms. The van der Waals surface area contributed by atoms with Crippen molar-refractivity contribution in [2.75, 3.05) is 10.6 Å². The van der Waals surface area contributed by atoms with Crippen LogP contribution in [-0.2, 0) is 0 Å². The number of nitrogens with one attached hydrogen (secondary N) is 2. The van der Waals surface area contributed by atoms with Gasteiger partial charge in [0, 0.05) is 11.4 Å². The zero-order chi connectivity index (χ0) is 15.2. The van der Waals surface area contributed by atoms with E-state index in [0.29, 0.717) is 11.4 Å². The first-order valence-electron chi connectivity index (χ1n) is 6.00. The quantitative estimate of drug-likeness (QED) is 0.302. The summed E-state index contributed by atoms with van der Waals surface area (Å²) in [4.78, 5) is 11.8. The van der Waals surface area contributed by atoms with Crippen molar-refractivity contribution in [3.63, 3.8) is 0 Å². The predicted octanol–water partition coefficient (Wildman–Crippen LogP) is 2.56. The molecule has 0 spiro atoms. The number of para-hydroxylation sites is 1. The van der Waals surface area contributed by atoms with Crippen LogP contribution in [0.3, 0.4) is 0 Å². The molecule has 0 fully saturated rings. The lowest BCUT2D eigenvalue weighted by atomic mass is 10.1. The molecule has 21 heavy (non-hydrogen) atoms. The summed E-state index contributed by atoms with van der Waals surface area (Å²) >= 11 is 0. The molecule has 0 saturated carbocycles. The van der Waals surface area contributed by atoms with Crippen molar-refractivity contribution in [2.24, 2.45) is 10.9 Å². The fourth-order valence-electron chi connectivity index (χ4n) is 1.67. The highest BCUT2D eigenvalue weighted by Crippen LogP contribution is 2.15. The lowest BCUT2D eigenvalue weighted by Crippen LogP contribution is -2.20. The maximum absolute atomic E-state index is 13.5. The highest BCUT2D eigenvalue weighted by molar-refractivity contribution is 6.02. The number of urea groups is 1. The van der Waals surface area contributed by atoms with Gasteiger partial charge in [-0.1, -0.05) is 23.4 Å². The van der Waals surface area contributed by atoms with E-state index < -0.39 is 11.8 Å². The third-order valence-corrected chi connectivity index (χ3v) is 2.64. The molecule has 0 radical (unpaired) electrons. The van der Waals surface area contributed by atoms with E-state index in [0.717, 1.165) is 6.07 Å². The second-order valence-corrected chi connectivity index (χ2v) is 4.13. The second-order valence-electron chi connectivity index (χ2n) is 4.13. The Hall–Kier alpha value is -3.09. The fraction of sp³-hybridized carbons (Fsp3) is 0. The number of oxime groups is 1. The molecule has 2 aromatic carbocycles. The molecule has 2 aromatic rings. The van der Waals surface area contributed by atoms with Gasteiger partial charge in [0.2, 0.25) is 0 Å². The molecule has 2 rings (SSSR count). The minimum atomic E-state index is -0.653. The predicted molar refractivity (Wildman–Crippen MR) is 78.0 cm³/mol. The first-order chi connectivity index (χ1) is 10.1. The number of amidine groups is 1. The SMILES string of the molecule is NC(=NO)c1cc(NC(=O)Nc2ccccc2)ccc1F. The van der Waals surface area contributed by atoms with E-state index in [4.69, 9.17) is 10.9 Å². The Bertz CT molecular complexity index is 674. The molecule has 0 atom stereocenters. The molecule has 0 aliphatic rings. The molecule has 0 aliphatic carbocycles. The lowest BCUT2D eigenvalue weighted by molar-refractivity contribution is 0.262. The lowest BCUT2D eigenvalue weighted by Gasteiger charge is -2.09. The molecule has 0 saturated heterocycles. The van der Waals surface area contributed by atoms with E-state index in [-0.39, 0.29) is 11.4 Å². The van der Waals surface area contributed by atoms with Crippen LogP contribution in [0.2, 0.25) is 0 Å². The van der Waals surface area contributed by atoms with E-state index in [9.17, 15) is 9.18 Å². The Labute approximate surface area is 120 Å². The highest BCUT2D eigenvalue weighted by atomic mass is 19.1. The molecule has 0 heterocycles. The molecule has 108 valence electrons. The van der Waals surface area contributed by atoms with Gasteiger partial charge >= 0.3 is 6.03 Å². The van der Waals surface area contributed by atoms with Crippen molar-refractivity contribution < 1.29 is 14.4 Å². The van der Waals surface area contributed by atoms with Gasteiger partial charge in [0.05, 0.1) is 5.56 Å². The van der Waals surface area contributed by atoms with Crippen LogP contribution < -0.4 is 16.4 Å². The number of nitrogens with zero attached hydrogens (tertiary/aromatic N) is 1. The third-order valence-electron chi connectivity index (χ3n) is 2.64. The minimum absolute atomic E-state index is 0.102. The maximum atomic E-state index is 13.5. The van der Waals surface area contributed by atoms with Gasteiger partial charge in [0.25, 0.3) is 0 Å². The number of carbonyl (C=O) groups excluding carboxylic acids is 1. The number of benzene rings is 2. The number of halogens is 1. The standard InChI is InChI=1S/C14H13FN4O2/c15-12-7-6-10(8-11(12)13(16)19-21)18-14(20)17-9-4-2-1-3-5-9/h1-8,21H,(H2,16,19)(H2,17,18,20). The third kappa shape index (κ3) is 3.69. The smallest absolute Gasteiger partial charge is 0.323 e. The molecule has 2 amide bonds. The summed E-state index contributed by atoms with van der Waals surface area (Å²) in [5.74, 6) is -1.03. The van der Waals surface area contributed by atoms with Gasteiger partial charge in [0.1, 0.15) is 5.82 Å². The Morgan fingerprint density at radius 2 is 1.76 bits per heavy atom. The van der Waals surface area contributed by atoms with Crippen molar-refractivity contribution in [1.29, 1.82) is 0 Å². The largest absolute Gasteiger partial charge is 0.409 e. The van der Waals surface area contributed by atoms with E-state index in [1.165, 1.54) is 12.1 Å². The summed E-state index contributed by atoms with van der Waals surface area (Å²) in [6.45, 7) is 0. The fourth-order valence-corrected chi connectivity index (χ4v) is 1.67. The van der Waals surface area contributed by atoms with Crippen LogP contribution in [0, 0.1) is 5.82 Å². The Kier molecular flexibility index (Phi) is 4.35. The summed E-state index contributed by atoms with van der Waals surface area (Å²) in [5.41, 5.74) is 6.18. The van der Waals surface area contributed by atoms with Crippen molar-refractivity contribution in [1.82, 2.24) is 0 Å². The number of anilines is 2. The number of hydrogen-bond acceptors (Lipinski definition) is 3. The van der Waals surface area contributed by atoms with Gasteiger partial charge in [-0.05, 0) is 30.3 Å². The topological polar surface area (TPSA) is 99.7 Å². The van der Waals surface area contributed by atoms with Gasteiger partial charge in [-0.2, -0.15) is 0 Å². The van der Waals surface area contributed by atoms with Crippen LogP contribution in [0.1, 0.15) is 5.56 Å².